The summed E-state index contributed by atoms with van der Waals surface area (Å²) in [5, 5.41) is 4.03. The Kier molecular flexibility index (Phi) is 3.91. The van der Waals surface area contributed by atoms with Crippen LogP contribution in [0.4, 0.5) is 4.39 Å². The van der Waals surface area contributed by atoms with Crippen LogP contribution in [0, 0.1) is 11.7 Å². The molecule has 0 amide bonds. The molecule has 1 saturated heterocycles. The number of rotatable bonds is 3. The molecule has 1 aliphatic rings. The zero-order chi connectivity index (χ0) is 10.5. The van der Waals surface area contributed by atoms with E-state index in [0.29, 0.717) is 11.1 Å². The van der Waals surface area contributed by atoms with Crippen molar-refractivity contribution in [2.24, 2.45) is 5.92 Å². The van der Waals surface area contributed by atoms with Crippen LogP contribution in [0.2, 0.25) is 0 Å². The van der Waals surface area contributed by atoms with Gasteiger partial charge in [0.2, 0.25) is 0 Å². The first-order chi connectivity index (χ1) is 7.34. The lowest BCUT2D eigenvalue weighted by Crippen LogP contribution is -2.30. The van der Waals surface area contributed by atoms with Crippen molar-refractivity contribution in [1.82, 2.24) is 15.3 Å². The number of nitrogens with zero attached hydrogens (tertiary/aromatic N) is 2. The van der Waals surface area contributed by atoms with Gasteiger partial charge in [0, 0.05) is 5.75 Å². The number of thioether (sulfide) groups is 1. The smallest absolute Gasteiger partial charge is 0.187 e. The average Bonchev–Trinajstić information content (AvgIpc) is 2.30. The largest absolute Gasteiger partial charge is 0.316 e. The molecule has 0 saturated carbocycles. The molecule has 15 heavy (non-hydrogen) atoms. The summed E-state index contributed by atoms with van der Waals surface area (Å²) in [6, 6.07) is 0. The van der Waals surface area contributed by atoms with E-state index in [1.807, 2.05) is 0 Å². The van der Waals surface area contributed by atoms with Gasteiger partial charge in [-0.05, 0) is 31.8 Å². The first-order valence-corrected chi connectivity index (χ1v) is 6.14. The van der Waals surface area contributed by atoms with Crippen LogP contribution >= 0.6 is 11.8 Å². The number of hydrogen-bond acceptors (Lipinski definition) is 4. The Labute approximate surface area is 92.9 Å². The standard InChI is InChI=1S/C10H14FN3S/c11-9-5-13-10(14-6-9)15-7-8-2-1-3-12-4-8/h5-6,8,12H,1-4,7H2/t8-/m1/s1. The topological polar surface area (TPSA) is 37.8 Å². The quantitative estimate of drug-likeness (QED) is 0.630. The Balaban J connectivity index is 1.79. The molecule has 0 unspecified atom stereocenters. The van der Waals surface area contributed by atoms with Crippen LogP contribution in [0.1, 0.15) is 12.8 Å². The zero-order valence-corrected chi connectivity index (χ0v) is 9.26. The van der Waals surface area contributed by atoms with Gasteiger partial charge in [0.05, 0.1) is 12.4 Å². The van der Waals surface area contributed by atoms with Gasteiger partial charge >= 0.3 is 0 Å². The van der Waals surface area contributed by atoms with Crippen molar-refractivity contribution in [3.8, 4) is 0 Å². The van der Waals surface area contributed by atoms with Crippen LogP contribution in [0.25, 0.3) is 0 Å². The molecular weight excluding hydrogens is 213 g/mol. The minimum atomic E-state index is -0.376. The van der Waals surface area contributed by atoms with Crippen LogP contribution < -0.4 is 5.32 Å². The van der Waals surface area contributed by atoms with Crippen LogP contribution in [0.15, 0.2) is 17.6 Å². The fraction of sp³-hybridized carbons (Fsp3) is 0.600. The molecule has 0 radical (unpaired) electrons. The summed E-state index contributed by atoms with van der Waals surface area (Å²) >= 11 is 1.61. The van der Waals surface area contributed by atoms with Crippen molar-refractivity contribution in [3.63, 3.8) is 0 Å². The van der Waals surface area contributed by atoms with Crippen LogP contribution in [-0.4, -0.2) is 28.8 Å². The first kappa shape index (κ1) is 10.8. The Bertz CT molecular complexity index is 298. The lowest BCUT2D eigenvalue weighted by molar-refractivity contribution is 0.410. The lowest BCUT2D eigenvalue weighted by Gasteiger charge is -2.21. The molecule has 1 fully saturated rings. The van der Waals surface area contributed by atoms with E-state index in [-0.39, 0.29) is 5.82 Å². The number of piperidine rings is 1. The highest BCUT2D eigenvalue weighted by molar-refractivity contribution is 7.99. The van der Waals surface area contributed by atoms with E-state index in [2.05, 4.69) is 15.3 Å². The summed E-state index contributed by atoms with van der Waals surface area (Å²) in [5.41, 5.74) is 0. The monoisotopic (exact) mass is 227 g/mol. The number of hydrogen-bond donors (Lipinski definition) is 1. The molecule has 82 valence electrons. The molecule has 1 atom stereocenters. The molecule has 1 N–H and O–H groups in total. The Morgan fingerprint density at radius 2 is 2.27 bits per heavy atom. The van der Waals surface area contributed by atoms with E-state index in [0.717, 1.165) is 18.8 Å². The zero-order valence-electron chi connectivity index (χ0n) is 8.45. The van der Waals surface area contributed by atoms with Gasteiger partial charge in [-0.2, -0.15) is 0 Å². The second kappa shape index (κ2) is 5.42. The number of halogens is 1. The third-order valence-electron chi connectivity index (χ3n) is 2.44. The highest BCUT2D eigenvalue weighted by atomic mass is 32.2. The normalized spacial score (nSPS) is 21.5. The van der Waals surface area contributed by atoms with Gasteiger partial charge in [0.15, 0.2) is 11.0 Å². The highest BCUT2D eigenvalue weighted by Gasteiger charge is 2.13. The summed E-state index contributed by atoms with van der Waals surface area (Å²) < 4.78 is 12.5. The molecule has 0 bridgehead atoms. The predicted octanol–water partition coefficient (Wildman–Crippen LogP) is 1.71. The SMILES string of the molecule is Fc1cnc(SC[C@@H]2CCCNC2)nc1. The molecular formula is C10H14FN3S. The molecule has 0 aromatic carbocycles. The molecule has 1 aromatic rings. The van der Waals surface area contributed by atoms with E-state index >= 15 is 0 Å². The maximum atomic E-state index is 12.5. The van der Waals surface area contributed by atoms with E-state index in [1.54, 1.807) is 11.8 Å². The Morgan fingerprint density at radius 1 is 1.47 bits per heavy atom. The summed E-state index contributed by atoms with van der Waals surface area (Å²) in [6.07, 6.45) is 4.94. The molecule has 0 spiro atoms. The fourth-order valence-electron chi connectivity index (χ4n) is 1.63. The van der Waals surface area contributed by atoms with E-state index in [9.17, 15) is 4.39 Å². The Hall–Kier alpha value is -0.680. The molecule has 2 heterocycles. The summed E-state index contributed by atoms with van der Waals surface area (Å²) in [7, 11) is 0. The van der Waals surface area contributed by atoms with Crippen molar-refractivity contribution in [1.29, 1.82) is 0 Å². The van der Waals surface area contributed by atoms with Crippen molar-refractivity contribution in [2.45, 2.75) is 18.0 Å². The van der Waals surface area contributed by atoms with Gasteiger partial charge in [-0.3, -0.25) is 0 Å². The number of aromatic nitrogens is 2. The summed E-state index contributed by atoms with van der Waals surface area (Å²) in [5.74, 6) is 1.33. The third kappa shape index (κ3) is 3.43. The van der Waals surface area contributed by atoms with Crippen molar-refractivity contribution in [3.05, 3.63) is 18.2 Å². The van der Waals surface area contributed by atoms with Gasteiger partial charge in [-0.15, -0.1) is 0 Å². The van der Waals surface area contributed by atoms with Crippen molar-refractivity contribution in [2.75, 3.05) is 18.8 Å². The molecule has 2 rings (SSSR count). The Morgan fingerprint density at radius 3 is 2.93 bits per heavy atom. The molecule has 1 aromatic heterocycles. The maximum Gasteiger partial charge on any atom is 0.187 e. The molecule has 1 aliphatic heterocycles. The average molecular weight is 227 g/mol. The van der Waals surface area contributed by atoms with Gasteiger partial charge in [-0.1, -0.05) is 11.8 Å². The molecule has 5 heteroatoms. The molecule has 3 nitrogen and oxygen atoms in total. The maximum absolute atomic E-state index is 12.5. The first-order valence-electron chi connectivity index (χ1n) is 5.15. The second-order valence-corrected chi connectivity index (χ2v) is 4.69. The van der Waals surface area contributed by atoms with Crippen LogP contribution in [0.5, 0.6) is 0 Å². The second-order valence-electron chi connectivity index (χ2n) is 3.71. The fourth-order valence-corrected chi connectivity index (χ4v) is 2.56. The lowest BCUT2D eigenvalue weighted by atomic mass is 10.0. The highest BCUT2D eigenvalue weighted by Crippen LogP contribution is 2.20. The van der Waals surface area contributed by atoms with E-state index in [4.69, 9.17) is 0 Å². The predicted molar refractivity (Wildman–Crippen MR) is 58.3 cm³/mol. The van der Waals surface area contributed by atoms with Crippen LogP contribution in [-0.2, 0) is 0 Å². The van der Waals surface area contributed by atoms with Gasteiger partial charge in [0.25, 0.3) is 0 Å². The minimum Gasteiger partial charge on any atom is -0.316 e. The summed E-state index contributed by atoms with van der Waals surface area (Å²) in [4.78, 5) is 7.84. The number of nitrogens with one attached hydrogen (secondary N) is 1. The summed E-state index contributed by atoms with van der Waals surface area (Å²) in [6.45, 7) is 2.21. The van der Waals surface area contributed by atoms with Gasteiger partial charge in [0.1, 0.15) is 0 Å². The van der Waals surface area contributed by atoms with E-state index in [1.165, 1.54) is 25.2 Å². The van der Waals surface area contributed by atoms with Crippen molar-refractivity contribution < 1.29 is 4.39 Å². The third-order valence-corrected chi connectivity index (χ3v) is 3.55. The van der Waals surface area contributed by atoms with E-state index < -0.39 is 0 Å². The van der Waals surface area contributed by atoms with Crippen molar-refractivity contribution >= 4 is 11.8 Å². The minimum absolute atomic E-state index is 0.376. The molecule has 0 aliphatic carbocycles. The van der Waals surface area contributed by atoms with Crippen LogP contribution in [0.3, 0.4) is 0 Å². The van der Waals surface area contributed by atoms with Gasteiger partial charge < -0.3 is 5.32 Å². The van der Waals surface area contributed by atoms with Gasteiger partial charge in [-0.25, -0.2) is 14.4 Å².